The summed E-state index contributed by atoms with van der Waals surface area (Å²) in [4.78, 5) is 39.7. The minimum Gasteiger partial charge on any atom is -0.478 e. The number of hydrogen-bond acceptors (Lipinski definition) is 3. The number of likely N-dealkylation sites (tertiary alicyclic amines) is 1. The number of H-pyrrole nitrogens is 1. The Hall–Kier alpha value is -2.89. The number of hydrogen-bond donors (Lipinski definition) is 2. The monoisotopic (exact) mass is 312 g/mol. The van der Waals surface area contributed by atoms with E-state index >= 15 is 0 Å². The van der Waals surface area contributed by atoms with E-state index in [4.69, 9.17) is 5.11 Å². The fourth-order valence-electron chi connectivity index (χ4n) is 2.74. The number of carboxylic acid groups (broad SMARTS) is 1. The molecule has 0 aliphatic carbocycles. The van der Waals surface area contributed by atoms with E-state index in [0.717, 1.165) is 32.1 Å². The van der Waals surface area contributed by atoms with Gasteiger partial charge in [0.25, 0.3) is 11.5 Å². The molecule has 1 aliphatic rings. The SMILES string of the molecule is O=C(O)c1c[nH]c(=O)c(-c2cccc(C(=O)N3CCCC3)c2)c1. The fraction of sp³-hybridized carbons (Fsp3) is 0.235. The zero-order valence-corrected chi connectivity index (χ0v) is 12.4. The Labute approximate surface area is 132 Å². The zero-order valence-electron chi connectivity index (χ0n) is 12.4. The first-order chi connectivity index (χ1) is 11.1. The van der Waals surface area contributed by atoms with E-state index in [9.17, 15) is 14.4 Å². The highest BCUT2D eigenvalue weighted by Gasteiger charge is 2.20. The number of carboxylic acids is 1. The summed E-state index contributed by atoms with van der Waals surface area (Å²) < 4.78 is 0. The van der Waals surface area contributed by atoms with Crippen molar-refractivity contribution >= 4 is 11.9 Å². The second-order valence-electron chi connectivity index (χ2n) is 5.52. The molecule has 0 spiro atoms. The van der Waals surface area contributed by atoms with Crippen LogP contribution in [-0.4, -0.2) is 40.0 Å². The predicted octanol–water partition coefficient (Wildman–Crippen LogP) is 1.98. The van der Waals surface area contributed by atoms with Crippen molar-refractivity contribution in [1.29, 1.82) is 0 Å². The van der Waals surface area contributed by atoms with Gasteiger partial charge in [-0.05, 0) is 36.6 Å². The van der Waals surface area contributed by atoms with E-state index in [1.54, 1.807) is 29.2 Å². The lowest BCUT2D eigenvalue weighted by molar-refractivity contribution is 0.0695. The number of aromatic carboxylic acids is 1. The molecular formula is C17H16N2O4. The molecular weight excluding hydrogens is 296 g/mol. The van der Waals surface area contributed by atoms with Gasteiger partial charge in [-0.3, -0.25) is 9.59 Å². The molecule has 1 saturated heterocycles. The Kier molecular flexibility index (Phi) is 3.97. The molecule has 1 aromatic carbocycles. The van der Waals surface area contributed by atoms with Crippen molar-refractivity contribution < 1.29 is 14.7 Å². The van der Waals surface area contributed by atoms with E-state index in [-0.39, 0.29) is 22.6 Å². The molecule has 1 aromatic heterocycles. The summed E-state index contributed by atoms with van der Waals surface area (Å²) in [7, 11) is 0. The number of nitrogens with zero attached hydrogens (tertiary/aromatic N) is 1. The van der Waals surface area contributed by atoms with Crippen LogP contribution in [0.3, 0.4) is 0 Å². The Bertz CT molecular complexity index is 819. The number of carbonyl (C=O) groups is 2. The van der Waals surface area contributed by atoms with Crippen LogP contribution in [0.4, 0.5) is 0 Å². The van der Waals surface area contributed by atoms with Crippen LogP contribution in [0.5, 0.6) is 0 Å². The van der Waals surface area contributed by atoms with E-state index in [2.05, 4.69) is 4.98 Å². The summed E-state index contributed by atoms with van der Waals surface area (Å²) in [5, 5.41) is 9.05. The van der Waals surface area contributed by atoms with Gasteiger partial charge in [-0.15, -0.1) is 0 Å². The van der Waals surface area contributed by atoms with Gasteiger partial charge < -0.3 is 15.0 Å². The van der Waals surface area contributed by atoms with Crippen LogP contribution in [0.2, 0.25) is 0 Å². The third kappa shape index (κ3) is 3.01. The van der Waals surface area contributed by atoms with Gasteiger partial charge in [0.2, 0.25) is 0 Å². The van der Waals surface area contributed by atoms with E-state index < -0.39 is 5.97 Å². The average Bonchev–Trinajstić information content (AvgIpc) is 3.09. The van der Waals surface area contributed by atoms with E-state index in [0.29, 0.717) is 11.1 Å². The number of carbonyl (C=O) groups excluding carboxylic acids is 1. The molecule has 0 atom stereocenters. The predicted molar refractivity (Wildman–Crippen MR) is 84.6 cm³/mol. The van der Waals surface area contributed by atoms with Gasteiger partial charge in [-0.2, -0.15) is 0 Å². The number of pyridine rings is 1. The molecule has 0 saturated carbocycles. The van der Waals surface area contributed by atoms with Crippen molar-refractivity contribution in [3.63, 3.8) is 0 Å². The maximum atomic E-state index is 12.4. The maximum absolute atomic E-state index is 12.4. The fourth-order valence-corrected chi connectivity index (χ4v) is 2.74. The van der Waals surface area contributed by atoms with Crippen LogP contribution >= 0.6 is 0 Å². The maximum Gasteiger partial charge on any atom is 0.337 e. The Morgan fingerprint density at radius 1 is 1.09 bits per heavy atom. The van der Waals surface area contributed by atoms with Gasteiger partial charge in [0, 0.05) is 30.4 Å². The summed E-state index contributed by atoms with van der Waals surface area (Å²) in [6.07, 6.45) is 3.17. The van der Waals surface area contributed by atoms with Gasteiger partial charge in [-0.25, -0.2) is 4.79 Å². The van der Waals surface area contributed by atoms with Crippen molar-refractivity contribution in [2.45, 2.75) is 12.8 Å². The molecule has 3 rings (SSSR count). The minimum absolute atomic E-state index is 0.00382. The first-order valence-corrected chi connectivity index (χ1v) is 7.42. The van der Waals surface area contributed by atoms with Crippen molar-refractivity contribution in [2.24, 2.45) is 0 Å². The molecule has 2 aromatic rings. The zero-order chi connectivity index (χ0) is 16.4. The lowest BCUT2D eigenvalue weighted by atomic mass is 10.0. The van der Waals surface area contributed by atoms with Crippen LogP contribution in [0.1, 0.15) is 33.6 Å². The highest BCUT2D eigenvalue weighted by molar-refractivity contribution is 5.96. The van der Waals surface area contributed by atoms with Crippen molar-refractivity contribution in [1.82, 2.24) is 9.88 Å². The van der Waals surface area contributed by atoms with Crippen LogP contribution < -0.4 is 5.56 Å². The Morgan fingerprint density at radius 3 is 2.52 bits per heavy atom. The Morgan fingerprint density at radius 2 is 1.83 bits per heavy atom. The lowest BCUT2D eigenvalue weighted by Crippen LogP contribution is -2.27. The summed E-state index contributed by atoms with van der Waals surface area (Å²) in [5.74, 6) is -1.18. The highest BCUT2D eigenvalue weighted by Crippen LogP contribution is 2.20. The van der Waals surface area contributed by atoms with Crippen molar-refractivity contribution in [3.05, 3.63) is 58.0 Å². The molecule has 6 nitrogen and oxygen atoms in total. The molecule has 23 heavy (non-hydrogen) atoms. The summed E-state index contributed by atoms with van der Waals surface area (Å²) in [6.45, 7) is 1.50. The molecule has 0 radical (unpaired) electrons. The molecule has 1 fully saturated rings. The first-order valence-electron chi connectivity index (χ1n) is 7.42. The number of amides is 1. The summed E-state index contributed by atoms with van der Waals surface area (Å²) in [6, 6.07) is 8.05. The molecule has 118 valence electrons. The Balaban J connectivity index is 2.00. The smallest absolute Gasteiger partial charge is 0.337 e. The quantitative estimate of drug-likeness (QED) is 0.906. The number of benzene rings is 1. The van der Waals surface area contributed by atoms with E-state index in [1.165, 1.54) is 6.07 Å². The molecule has 2 heterocycles. The molecule has 0 bridgehead atoms. The van der Waals surface area contributed by atoms with Gasteiger partial charge in [0.15, 0.2) is 0 Å². The number of rotatable bonds is 3. The van der Waals surface area contributed by atoms with Crippen molar-refractivity contribution in [3.8, 4) is 11.1 Å². The molecule has 1 aliphatic heterocycles. The standard InChI is InChI=1S/C17H16N2O4/c20-15-14(9-13(10-18-15)17(22)23)11-4-3-5-12(8-11)16(21)19-6-1-2-7-19/h3-5,8-10H,1-2,6-7H2,(H,18,20)(H,22,23). The molecule has 1 amide bonds. The van der Waals surface area contributed by atoms with Crippen LogP contribution in [-0.2, 0) is 0 Å². The lowest BCUT2D eigenvalue weighted by Gasteiger charge is -2.15. The first kappa shape index (κ1) is 15.0. The highest BCUT2D eigenvalue weighted by atomic mass is 16.4. The average molecular weight is 312 g/mol. The number of aromatic nitrogens is 1. The summed E-state index contributed by atoms with van der Waals surface area (Å²) in [5.41, 5.74) is 0.876. The van der Waals surface area contributed by atoms with Gasteiger partial charge in [-0.1, -0.05) is 12.1 Å². The van der Waals surface area contributed by atoms with Gasteiger partial charge >= 0.3 is 5.97 Å². The summed E-state index contributed by atoms with van der Waals surface area (Å²) >= 11 is 0. The second-order valence-corrected chi connectivity index (χ2v) is 5.52. The number of aromatic amines is 1. The van der Waals surface area contributed by atoms with Crippen LogP contribution in [0.15, 0.2) is 41.3 Å². The van der Waals surface area contributed by atoms with Crippen molar-refractivity contribution in [2.75, 3.05) is 13.1 Å². The minimum atomic E-state index is -1.12. The molecule has 0 unspecified atom stereocenters. The third-order valence-electron chi connectivity index (χ3n) is 3.96. The van der Waals surface area contributed by atoms with Crippen LogP contribution in [0.25, 0.3) is 11.1 Å². The van der Waals surface area contributed by atoms with E-state index in [1.807, 2.05) is 0 Å². The number of nitrogens with one attached hydrogen (secondary N) is 1. The molecule has 2 N–H and O–H groups in total. The van der Waals surface area contributed by atoms with Gasteiger partial charge in [0.05, 0.1) is 5.56 Å². The molecule has 6 heteroatoms. The van der Waals surface area contributed by atoms with Gasteiger partial charge in [0.1, 0.15) is 0 Å². The topological polar surface area (TPSA) is 90.5 Å². The normalized spacial score (nSPS) is 14.0. The second kappa shape index (κ2) is 6.08. The van der Waals surface area contributed by atoms with Crippen LogP contribution in [0, 0.1) is 0 Å². The largest absolute Gasteiger partial charge is 0.478 e. The third-order valence-corrected chi connectivity index (χ3v) is 3.96.